The van der Waals surface area contributed by atoms with Crippen LogP contribution in [0.15, 0.2) is 34.0 Å². The maximum atomic E-state index is 11.2. The lowest BCUT2D eigenvalue weighted by molar-refractivity contribution is 0.528. The number of aryl methyl sites for hydroxylation is 1. The summed E-state index contributed by atoms with van der Waals surface area (Å²) < 4.78 is 6.44. The van der Waals surface area contributed by atoms with Gasteiger partial charge < -0.3 is 10.2 Å². The molecule has 4 nitrogen and oxygen atoms in total. The lowest BCUT2D eigenvalue weighted by Gasteiger charge is -1.98. The summed E-state index contributed by atoms with van der Waals surface area (Å²) in [6.07, 6.45) is 0. The van der Waals surface area contributed by atoms with Crippen molar-refractivity contribution in [2.24, 2.45) is 12.8 Å². The SMILES string of the molecule is C=C(N)c1ccc2c(c1)oc(=O)n2C. The number of nitrogens with zero attached hydrogens (tertiary/aromatic N) is 1. The number of nitrogens with two attached hydrogens (primary N) is 1. The van der Waals surface area contributed by atoms with Crippen LogP contribution in [0.25, 0.3) is 16.8 Å². The van der Waals surface area contributed by atoms with Crippen LogP contribution in [0.5, 0.6) is 0 Å². The van der Waals surface area contributed by atoms with Gasteiger partial charge >= 0.3 is 5.76 Å². The van der Waals surface area contributed by atoms with Gasteiger partial charge in [-0.15, -0.1) is 0 Å². The molecule has 0 bridgehead atoms. The first-order valence-electron chi connectivity index (χ1n) is 4.14. The lowest BCUT2D eigenvalue weighted by Crippen LogP contribution is -2.08. The summed E-state index contributed by atoms with van der Waals surface area (Å²) in [7, 11) is 1.66. The fraction of sp³-hybridized carbons (Fsp3) is 0.100. The van der Waals surface area contributed by atoms with Crippen molar-refractivity contribution >= 4 is 16.8 Å². The van der Waals surface area contributed by atoms with Gasteiger partial charge in [-0.3, -0.25) is 4.57 Å². The number of fused-ring (bicyclic) bond motifs is 1. The van der Waals surface area contributed by atoms with E-state index in [4.69, 9.17) is 10.2 Å². The molecule has 0 radical (unpaired) electrons. The molecule has 0 aliphatic heterocycles. The maximum absolute atomic E-state index is 11.2. The summed E-state index contributed by atoms with van der Waals surface area (Å²) in [5.74, 6) is -0.375. The molecule has 2 N–H and O–H groups in total. The summed E-state index contributed by atoms with van der Waals surface area (Å²) in [6.45, 7) is 3.61. The molecule has 0 aliphatic carbocycles. The maximum Gasteiger partial charge on any atom is 0.419 e. The molecule has 14 heavy (non-hydrogen) atoms. The zero-order chi connectivity index (χ0) is 10.3. The molecular weight excluding hydrogens is 180 g/mol. The van der Waals surface area contributed by atoms with Crippen molar-refractivity contribution in [3.8, 4) is 0 Å². The van der Waals surface area contributed by atoms with Crippen molar-refractivity contribution in [1.82, 2.24) is 4.57 Å². The second-order valence-corrected chi connectivity index (χ2v) is 3.13. The zero-order valence-electron chi connectivity index (χ0n) is 7.78. The first kappa shape index (κ1) is 8.62. The van der Waals surface area contributed by atoms with Crippen molar-refractivity contribution in [3.05, 3.63) is 40.9 Å². The summed E-state index contributed by atoms with van der Waals surface area (Å²) in [4.78, 5) is 11.2. The highest BCUT2D eigenvalue weighted by Crippen LogP contribution is 2.16. The van der Waals surface area contributed by atoms with E-state index in [9.17, 15) is 4.79 Å². The van der Waals surface area contributed by atoms with Crippen molar-refractivity contribution in [2.75, 3.05) is 0 Å². The number of hydrogen-bond donors (Lipinski definition) is 1. The Labute approximate surface area is 80.2 Å². The van der Waals surface area contributed by atoms with E-state index in [1.807, 2.05) is 0 Å². The van der Waals surface area contributed by atoms with E-state index < -0.39 is 0 Å². The van der Waals surface area contributed by atoms with E-state index in [1.165, 1.54) is 4.57 Å². The zero-order valence-corrected chi connectivity index (χ0v) is 7.78. The Morgan fingerprint density at radius 2 is 2.29 bits per heavy atom. The highest BCUT2D eigenvalue weighted by Gasteiger charge is 2.06. The number of rotatable bonds is 1. The number of aromatic nitrogens is 1. The summed E-state index contributed by atoms with van der Waals surface area (Å²) in [6, 6.07) is 5.30. The van der Waals surface area contributed by atoms with E-state index in [-0.39, 0.29) is 5.76 Å². The second-order valence-electron chi connectivity index (χ2n) is 3.13. The van der Waals surface area contributed by atoms with Gasteiger partial charge in [0.2, 0.25) is 0 Å². The average molecular weight is 190 g/mol. The molecule has 0 unspecified atom stereocenters. The number of benzene rings is 1. The molecule has 0 saturated carbocycles. The molecule has 1 aromatic heterocycles. The molecule has 0 aliphatic rings. The Morgan fingerprint density at radius 1 is 1.57 bits per heavy atom. The minimum Gasteiger partial charge on any atom is -0.408 e. The highest BCUT2D eigenvalue weighted by molar-refractivity contribution is 5.78. The molecule has 2 aromatic rings. The summed E-state index contributed by atoms with van der Waals surface area (Å²) in [5, 5.41) is 0. The van der Waals surface area contributed by atoms with E-state index in [0.717, 1.165) is 11.1 Å². The molecule has 1 aromatic carbocycles. The third kappa shape index (κ3) is 1.12. The van der Waals surface area contributed by atoms with Gasteiger partial charge in [0.05, 0.1) is 5.52 Å². The topological polar surface area (TPSA) is 61.2 Å². The molecule has 0 atom stereocenters. The Hall–Kier alpha value is -1.97. The Kier molecular flexibility index (Phi) is 1.70. The Morgan fingerprint density at radius 3 is 2.93 bits per heavy atom. The van der Waals surface area contributed by atoms with Crippen LogP contribution in [0.1, 0.15) is 5.56 Å². The third-order valence-corrected chi connectivity index (χ3v) is 2.16. The highest BCUT2D eigenvalue weighted by atomic mass is 16.4. The molecule has 0 amide bonds. The van der Waals surface area contributed by atoms with E-state index in [1.54, 1.807) is 25.2 Å². The second kappa shape index (κ2) is 2.77. The van der Waals surface area contributed by atoms with E-state index in [2.05, 4.69) is 6.58 Å². The lowest BCUT2D eigenvalue weighted by atomic mass is 10.1. The molecule has 2 rings (SSSR count). The van der Waals surface area contributed by atoms with Crippen molar-refractivity contribution < 1.29 is 4.42 Å². The van der Waals surface area contributed by atoms with Crippen LogP contribution in [0.4, 0.5) is 0 Å². The van der Waals surface area contributed by atoms with Crippen LogP contribution >= 0.6 is 0 Å². The van der Waals surface area contributed by atoms with Gasteiger partial charge in [-0.1, -0.05) is 12.6 Å². The van der Waals surface area contributed by atoms with Crippen molar-refractivity contribution in [2.45, 2.75) is 0 Å². The monoisotopic (exact) mass is 190 g/mol. The first-order valence-corrected chi connectivity index (χ1v) is 4.14. The number of hydrogen-bond acceptors (Lipinski definition) is 3. The van der Waals surface area contributed by atoms with Gasteiger partial charge in [0, 0.05) is 18.3 Å². The largest absolute Gasteiger partial charge is 0.419 e. The van der Waals surface area contributed by atoms with Crippen molar-refractivity contribution in [3.63, 3.8) is 0 Å². The first-order chi connectivity index (χ1) is 6.59. The quantitative estimate of drug-likeness (QED) is 0.731. The predicted molar refractivity (Wildman–Crippen MR) is 54.7 cm³/mol. The predicted octanol–water partition coefficient (Wildman–Crippen LogP) is 1.06. The smallest absolute Gasteiger partial charge is 0.408 e. The molecule has 1 heterocycles. The minimum absolute atomic E-state index is 0.375. The van der Waals surface area contributed by atoms with Crippen LogP contribution in [0, 0.1) is 0 Å². The standard InChI is InChI=1S/C10H10N2O2/c1-6(11)7-3-4-8-9(5-7)14-10(13)12(8)2/h3-5H,1,11H2,2H3. The Balaban J connectivity index is 2.80. The van der Waals surface area contributed by atoms with Gasteiger partial charge in [-0.2, -0.15) is 0 Å². The van der Waals surface area contributed by atoms with Gasteiger partial charge in [-0.25, -0.2) is 4.79 Å². The average Bonchev–Trinajstić information content (AvgIpc) is 2.42. The Bertz CT molecular complexity index is 563. The van der Waals surface area contributed by atoms with Gasteiger partial charge in [0.15, 0.2) is 5.58 Å². The van der Waals surface area contributed by atoms with Gasteiger partial charge in [-0.05, 0) is 12.1 Å². The van der Waals surface area contributed by atoms with Crippen LogP contribution < -0.4 is 11.5 Å². The molecule has 72 valence electrons. The number of oxazole rings is 1. The molecule has 0 fully saturated rings. The third-order valence-electron chi connectivity index (χ3n) is 2.16. The van der Waals surface area contributed by atoms with Crippen LogP contribution in [0.3, 0.4) is 0 Å². The van der Waals surface area contributed by atoms with E-state index in [0.29, 0.717) is 11.3 Å². The van der Waals surface area contributed by atoms with Crippen molar-refractivity contribution in [1.29, 1.82) is 0 Å². The van der Waals surface area contributed by atoms with Crippen LogP contribution in [-0.2, 0) is 7.05 Å². The fourth-order valence-corrected chi connectivity index (χ4v) is 1.33. The summed E-state index contributed by atoms with van der Waals surface area (Å²) in [5.41, 5.74) is 8.03. The fourth-order valence-electron chi connectivity index (χ4n) is 1.33. The minimum atomic E-state index is -0.375. The van der Waals surface area contributed by atoms with Crippen LogP contribution in [0.2, 0.25) is 0 Å². The van der Waals surface area contributed by atoms with Gasteiger partial charge in [0.1, 0.15) is 0 Å². The molecular formula is C10H10N2O2. The molecule has 0 saturated heterocycles. The normalized spacial score (nSPS) is 10.6. The summed E-state index contributed by atoms with van der Waals surface area (Å²) >= 11 is 0. The van der Waals surface area contributed by atoms with Gasteiger partial charge in [0.25, 0.3) is 0 Å². The molecule has 4 heteroatoms. The van der Waals surface area contributed by atoms with Crippen LogP contribution in [-0.4, -0.2) is 4.57 Å². The van der Waals surface area contributed by atoms with E-state index >= 15 is 0 Å². The molecule has 0 spiro atoms.